The molecule has 6 nitrogen and oxygen atoms in total. The normalized spacial score (nSPS) is 10.5. The number of amides is 1. The molecule has 0 aliphatic heterocycles. The third kappa shape index (κ3) is 5.95. The van der Waals surface area contributed by atoms with E-state index in [0.717, 1.165) is 5.56 Å². The van der Waals surface area contributed by atoms with Gasteiger partial charge in [0.1, 0.15) is 11.5 Å². The lowest BCUT2D eigenvalue weighted by Crippen LogP contribution is -2.08. The molecule has 0 heterocycles. The fourth-order valence-corrected chi connectivity index (χ4v) is 2.41. The molecule has 0 aliphatic rings. The highest BCUT2D eigenvalue weighted by Gasteiger charge is 2.06. The summed E-state index contributed by atoms with van der Waals surface area (Å²) in [6.07, 6.45) is 3.17. The minimum Gasteiger partial charge on any atom is -0.497 e. The maximum atomic E-state index is 12.2. The van der Waals surface area contributed by atoms with E-state index in [-0.39, 0.29) is 5.91 Å². The Balaban J connectivity index is 2.11. The first kappa shape index (κ1) is 20.2. The monoisotopic (exact) mass is 371 g/mol. The van der Waals surface area contributed by atoms with Crippen LogP contribution >= 0.6 is 0 Å². The molecule has 0 saturated heterocycles. The van der Waals surface area contributed by atoms with Gasteiger partial charge in [-0.15, -0.1) is 0 Å². The predicted molar refractivity (Wildman–Crippen MR) is 106 cm³/mol. The third-order valence-electron chi connectivity index (χ3n) is 3.61. The van der Waals surface area contributed by atoms with Gasteiger partial charge in [0.05, 0.1) is 27.4 Å². The molecule has 2 aromatic rings. The molecular weight excluding hydrogens is 346 g/mol. The van der Waals surface area contributed by atoms with Crippen LogP contribution in [0.25, 0.3) is 6.08 Å². The number of nitrogens with one attached hydrogen (secondary N) is 1. The van der Waals surface area contributed by atoms with Crippen molar-refractivity contribution in [3.05, 3.63) is 48.0 Å². The first-order valence-corrected chi connectivity index (χ1v) is 8.71. The van der Waals surface area contributed by atoms with Gasteiger partial charge in [-0.25, -0.2) is 0 Å². The summed E-state index contributed by atoms with van der Waals surface area (Å²) in [4.78, 5) is 12.2. The molecule has 0 aliphatic carbocycles. The van der Waals surface area contributed by atoms with Crippen molar-refractivity contribution < 1.29 is 23.7 Å². The zero-order valence-corrected chi connectivity index (χ0v) is 16.1. The maximum Gasteiger partial charge on any atom is 0.248 e. The highest BCUT2D eigenvalue weighted by molar-refractivity contribution is 6.02. The van der Waals surface area contributed by atoms with Gasteiger partial charge in [-0.2, -0.15) is 0 Å². The summed E-state index contributed by atoms with van der Waals surface area (Å²) in [5.41, 5.74) is 1.42. The quantitative estimate of drug-likeness (QED) is 0.671. The number of ether oxygens (including phenoxy) is 4. The second-order valence-corrected chi connectivity index (χ2v) is 5.50. The number of carbonyl (C=O) groups excluding carboxylic acids is 1. The van der Waals surface area contributed by atoms with E-state index >= 15 is 0 Å². The van der Waals surface area contributed by atoms with Crippen molar-refractivity contribution in [3.63, 3.8) is 0 Å². The fourth-order valence-electron chi connectivity index (χ4n) is 2.41. The van der Waals surface area contributed by atoms with E-state index < -0.39 is 0 Å². The van der Waals surface area contributed by atoms with Gasteiger partial charge in [0.15, 0.2) is 11.5 Å². The van der Waals surface area contributed by atoms with Crippen molar-refractivity contribution in [1.29, 1.82) is 0 Å². The number of hydrogen-bond acceptors (Lipinski definition) is 5. The number of anilines is 1. The zero-order chi connectivity index (χ0) is 19.6. The lowest BCUT2D eigenvalue weighted by Gasteiger charge is -2.11. The van der Waals surface area contributed by atoms with Gasteiger partial charge in [-0.3, -0.25) is 4.79 Å². The second kappa shape index (κ2) is 10.1. The summed E-state index contributed by atoms with van der Waals surface area (Å²) in [6, 6.07) is 10.7. The van der Waals surface area contributed by atoms with Crippen LogP contribution in [0, 0.1) is 0 Å². The van der Waals surface area contributed by atoms with Gasteiger partial charge in [0, 0.05) is 30.0 Å². The van der Waals surface area contributed by atoms with Crippen LogP contribution in [-0.4, -0.2) is 33.3 Å². The Labute approximate surface area is 159 Å². The molecule has 27 heavy (non-hydrogen) atoms. The van der Waals surface area contributed by atoms with Crippen molar-refractivity contribution in [2.24, 2.45) is 0 Å². The molecule has 0 aromatic heterocycles. The molecular formula is C21H25NO5. The van der Waals surface area contributed by atoms with Crippen LogP contribution in [0.4, 0.5) is 5.69 Å². The Hall–Kier alpha value is -3.15. The van der Waals surface area contributed by atoms with Crippen LogP contribution in [-0.2, 0) is 4.79 Å². The van der Waals surface area contributed by atoms with Gasteiger partial charge in [-0.05, 0) is 37.6 Å². The Kier molecular flexibility index (Phi) is 7.55. The molecule has 144 valence electrons. The SMILES string of the molecule is CCOc1ccc(/C=C/C(=O)Nc2cc(OC)cc(OC)c2)cc1OCC. The molecule has 1 amide bonds. The molecule has 0 spiro atoms. The summed E-state index contributed by atoms with van der Waals surface area (Å²) in [5.74, 6) is 2.27. The van der Waals surface area contributed by atoms with E-state index in [4.69, 9.17) is 18.9 Å². The van der Waals surface area contributed by atoms with Crippen molar-refractivity contribution in [2.45, 2.75) is 13.8 Å². The average Bonchev–Trinajstić information content (AvgIpc) is 2.68. The molecule has 2 aromatic carbocycles. The standard InChI is InChI=1S/C21H25NO5/c1-5-26-19-9-7-15(11-20(19)27-6-2)8-10-21(23)22-16-12-17(24-3)14-18(13-16)25-4/h7-14H,5-6H2,1-4H3,(H,22,23)/b10-8+. The zero-order valence-electron chi connectivity index (χ0n) is 16.1. The first-order chi connectivity index (χ1) is 13.1. The fraction of sp³-hybridized carbons (Fsp3) is 0.286. The summed E-state index contributed by atoms with van der Waals surface area (Å²) in [5, 5.41) is 2.79. The Morgan fingerprint density at radius 3 is 2.15 bits per heavy atom. The summed E-state index contributed by atoms with van der Waals surface area (Å²) in [6.45, 7) is 4.92. The molecule has 0 unspecified atom stereocenters. The first-order valence-electron chi connectivity index (χ1n) is 8.71. The van der Waals surface area contributed by atoms with E-state index in [9.17, 15) is 4.79 Å². The van der Waals surface area contributed by atoms with Crippen LogP contribution < -0.4 is 24.3 Å². The molecule has 1 N–H and O–H groups in total. The topological polar surface area (TPSA) is 66.0 Å². The number of carbonyl (C=O) groups is 1. The van der Waals surface area contributed by atoms with E-state index in [1.165, 1.54) is 6.08 Å². The highest BCUT2D eigenvalue weighted by atomic mass is 16.5. The Morgan fingerprint density at radius 1 is 0.926 bits per heavy atom. The van der Waals surface area contributed by atoms with Gasteiger partial charge < -0.3 is 24.3 Å². The number of benzene rings is 2. The molecule has 6 heteroatoms. The van der Waals surface area contributed by atoms with E-state index in [1.807, 2.05) is 32.0 Å². The predicted octanol–water partition coefficient (Wildman–Crippen LogP) is 4.15. The molecule has 0 radical (unpaired) electrons. The number of methoxy groups -OCH3 is 2. The van der Waals surface area contributed by atoms with Crippen molar-refractivity contribution in [3.8, 4) is 23.0 Å². The lowest BCUT2D eigenvalue weighted by molar-refractivity contribution is -0.111. The Morgan fingerprint density at radius 2 is 1.56 bits per heavy atom. The molecule has 0 saturated carbocycles. The van der Waals surface area contributed by atoms with Crippen molar-refractivity contribution in [2.75, 3.05) is 32.8 Å². The number of hydrogen-bond donors (Lipinski definition) is 1. The van der Waals surface area contributed by atoms with E-state index in [1.54, 1.807) is 38.5 Å². The maximum absolute atomic E-state index is 12.2. The van der Waals surface area contributed by atoms with Crippen molar-refractivity contribution in [1.82, 2.24) is 0 Å². The van der Waals surface area contributed by atoms with Gasteiger partial charge in [-0.1, -0.05) is 6.07 Å². The highest BCUT2D eigenvalue weighted by Crippen LogP contribution is 2.29. The minimum atomic E-state index is -0.267. The molecule has 0 bridgehead atoms. The van der Waals surface area contributed by atoms with Crippen LogP contribution in [0.15, 0.2) is 42.5 Å². The lowest BCUT2D eigenvalue weighted by atomic mass is 10.2. The van der Waals surface area contributed by atoms with Crippen LogP contribution in [0.2, 0.25) is 0 Å². The van der Waals surface area contributed by atoms with E-state index in [2.05, 4.69) is 5.32 Å². The van der Waals surface area contributed by atoms with Crippen molar-refractivity contribution >= 4 is 17.7 Å². The largest absolute Gasteiger partial charge is 0.497 e. The molecule has 0 fully saturated rings. The van der Waals surface area contributed by atoms with E-state index in [0.29, 0.717) is 41.9 Å². The Bertz CT molecular complexity index is 779. The van der Waals surface area contributed by atoms with Gasteiger partial charge in [0.2, 0.25) is 5.91 Å². The summed E-state index contributed by atoms with van der Waals surface area (Å²) >= 11 is 0. The van der Waals surface area contributed by atoms with Crippen LogP contribution in [0.1, 0.15) is 19.4 Å². The van der Waals surface area contributed by atoms with Gasteiger partial charge in [0.25, 0.3) is 0 Å². The summed E-state index contributed by atoms with van der Waals surface area (Å²) in [7, 11) is 3.12. The minimum absolute atomic E-state index is 0.267. The molecule has 0 atom stereocenters. The summed E-state index contributed by atoms with van der Waals surface area (Å²) < 4.78 is 21.5. The second-order valence-electron chi connectivity index (χ2n) is 5.50. The van der Waals surface area contributed by atoms with Crippen LogP contribution in [0.5, 0.6) is 23.0 Å². The smallest absolute Gasteiger partial charge is 0.248 e. The number of rotatable bonds is 9. The van der Waals surface area contributed by atoms with Gasteiger partial charge >= 0.3 is 0 Å². The average molecular weight is 371 g/mol. The third-order valence-corrected chi connectivity index (χ3v) is 3.61. The van der Waals surface area contributed by atoms with Crippen LogP contribution in [0.3, 0.4) is 0 Å². The molecule has 2 rings (SSSR count).